The molecule has 1 aromatic heterocycles. The minimum atomic E-state index is 0.589. The van der Waals surface area contributed by atoms with Crippen LogP contribution in [0.15, 0.2) is 6.20 Å². The summed E-state index contributed by atoms with van der Waals surface area (Å²) in [6.07, 6.45) is 5.99. The summed E-state index contributed by atoms with van der Waals surface area (Å²) in [4.78, 5) is 8.54. The molecular weight excluding hydrogens is 228 g/mol. The quantitative estimate of drug-likeness (QED) is 0.818. The topological polar surface area (TPSA) is 16.1 Å². The van der Waals surface area contributed by atoms with Gasteiger partial charge >= 0.3 is 0 Å². The van der Waals surface area contributed by atoms with E-state index in [-0.39, 0.29) is 0 Å². The third-order valence-electron chi connectivity index (χ3n) is 5.11. The van der Waals surface area contributed by atoms with E-state index < -0.39 is 0 Å². The molecule has 0 N–H and O–H groups in total. The van der Waals surface area contributed by atoms with Gasteiger partial charge in [0.2, 0.25) is 0 Å². The number of fused-ring (bicyclic) bond motifs is 1. The molecule has 0 bridgehead atoms. The van der Waals surface area contributed by atoms with E-state index in [4.69, 9.17) is 0 Å². The Bertz CT molecular complexity index is 410. The largest absolute Gasteiger partial charge is 0.297 e. The monoisotopic (exact) mass is 250 g/mol. The summed E-state index contributed by atoms with van der Waals surface area (Å²) < 4.78 is 0. The van der Waals surface area contributed by atoms with E-state index >= 15 is 0 Å². The van der Waals surface area contributed by atoms with Gasteiger partial charge in [-0.2, -0.15) is 0 Å². The number of hydrogen-bond donors (Lipinski definition) is 0. The highest BCUT2D eigenvalue weighted by molar-refractivity contribution is 7.11. The van der Waals surface area contributed by atoms with E-state index in [0.29, 0.717) is 10.8 Å². The molecule has 2 aliphatic rings. The van der Waals surface area contributed by atoms with Crippen LogP contribution in [0.25, 0.3) is 0 Å². The number of hydrogen-bond acceptors (Lipinski definition) is 3. The first-order valence-electron chi connectivity index (χ1n) is 6.71. The summed E-state index contributed by atoms with van der Waals surface area (Å²) in [6, 6.07) is 0. The predicted octanol–water partition coefficient (Wildman–Crippen LogP) is 3.33. The Labute approximate surface area is 108 Å². The van der Waals surface area contributed by atoms with Crippen molar-refractivity contribution in [3.63, 3.8) is 0 Å². The van der Waals surface area contributed by atoms with Crippen LogP contribution in [0.3, 0.4) is 0 Å². The summed E-state index contributed by atoms with van der Waals surface area (Å²) in [5, 5.41) is 1.28. The Balaban J connectivity index is 1.68. The van der Waals surface area contributed by atoms with Crippen molar-refractivity contribution in [2.45, 2.75) is 46.6 Å². The highest BCUT2D eigenvalue weighted by Gasteiger charge is 2.57. The van der Waals surface area contributed by atoms with Gasteiger partial charge in [0.1, 0.15) is 0 Å². The van der Waals surface area contributed by atoms with Crippen LogP contribution in [0.1, 0.15) is 43.5 Å². The van der Waals surface area contributed by atoms with Crippen LogP contribution in [-0.2, 0) is 13.0 Å². The Morgan fingerprint density at radius 1 is 1.29 bits per heavy atom. The van der Waals surface area contributed by atoms with Gasteiger partial charge in [-0.3, -0.25) is 4.90 Å². The second-order valence-electron chi connectivity index (χ2n) is 6.34. The molecule has 1 aliphatic heterocycles. The van der Waals surface area contributed by atoms with Gasteiger partial charge in [0.05, 0.1) is 5.01 Å². The second kappa shape index (κ2) is 3.79. The SMILES string of the molecule is CCc1ncc(CN2C[C@]3(C)CC[C@]3(C)C2)s1. The number of likely N-dealkylation sites (tertiary alicyclic amines) is 1. The highest BCUT2D eigenvalue weighted by atomic mass is 32.1. The summed E-state index contributed by atoms with van der Waals surface area (Å²) in [5.41, 5.74) is 1.18. The van der Waals surface area contributed by atoms with Crippen LogP contribution >= 0.6 is 11.3 Å². The first-order chi connectivity index (χ1) is 8.05. The molecular formula is C14H22N2S. The lowest BCUT2D eigenvalue weighted by atomic mass is 9.53. The summed E-state index contributed by atoms with van der Waals surface area (Å²) in [5.74, 6) is 0. The third-order valence-corrected chi connectivity index (χ3v) is 6.24. The molecule has 2 fully saturated rings. The standard InChI is InChI=1S/C14H22N2S/c1-4-12-15-7-11(17-12)8-16-9-13(2)5-6-14(13,3)10-16/h7H,4-6,8-10H2,1-3H3/t13-,14+. The molecule has 0 unspecified atom stereocenters. The second-order valence-corrected chi connectivity index (χ2v) is 7.54. The molecule has 0 spiro atoms. The van der Waals surface area contributed by atoms with Crippen molar-refractivity contribution in [1.82, 2.24) is 9.88 Å². The minimum Gasteiger partial charge on any atom is -0.297 e. The van der Waals surface area contributed by atoms with Gasteiger partial charge in [-0.1, -0.05) is 20.8 Å². The lowest BCUT2D eigenvalue weighted by molar-refractivity contribution is 0.00430. The molecule has 2 nitrogen and oxygen atoms in total. The zero-order chi connectivity index (χ0) is 12.1. The smallest absolute Gasteiger partial charge is 0.0925 e. The maximum atomic E-state index is 4.46. The number of thiazole rings is 1. The van der Waals surface area contributed by atoms with Crippen molar-refractivity contribution >= 4 is 11.3 Å². The lowest BCUT2D eigenvalue weighted by Crippen LogP contribution is -2.45. The number of rotatable bonds is 3. The van der Waals surface area contributed by atoms with Crippen molar-refractivity contribution in [1.29, 1.82) is 0 Å². The molecule has 3 heteroatoms. The average molecular weight is 250 g/mol. The normalized spacial score (nSPS) is 36.9. The van der Waals surface area contributed by atoms with E-state index in [1.165, 1.54) is 35.8 Å². The molecule has 1 saturated heterocycles. The van der Waals surface area contributed by atoms with E-state index in [1.54, 1.807) is 0 Å². The number of nitrogens with zero attached hydrogens (tertiary/aromatic N) is 2. The van der Waals surface area contributed by atoms with Gasteiger partial charge in [0.15, 0.2) is 0 Å². The zero-order valence-corrected chi connectivity index (χ0v) is 11.9. The number of aromatic nitrogens is 1. The van der Waals surface area contributed by atoms with Crippen molar-refractivity contribution in [3.05, 3.63) is 16.1 Å². The molecule has 2 heterocycles. The van der Waals surface area contributed by atoms with Gasteiger partial charge in [-0.15, -0.1) is 11.3 Å². The number of aryl methyl sites for hydroxylation is 1. The van der Waals surface area contributed by atoms with Gasteiger partial charge in [-0.25, -0.2) is 4.98 Å². The Morgan fingerprint density at radius 3 is 2.41 bits per heavy atom. The van der Waals surface area contributed by atoms with Crippen LogP contribution in [0.2, 0.25) is 0 Å². The maximum absolute atomic E-state index is 4.46. The molecule has 1 saturated carbocycles. The molecule has 1 aliphatic carbocycles. The van der Waals surface area contributed by atoms with E-state index in [2.05, 4.69) is 36.9 Å². The van der Waals surface area contributed by atoms with Crippen LogP contribution in [0, 0.1) is 10.8 Å². The summed E-state index contributed by atoms with van der Waals surface area (Å²) in [7, 11) is 0. The van der Waals surface area contributed by atoms with Crippen LogP contribution < -0.4 is 0 Å². The third kappa shape index (κ3) is 1.75. The maximum Gasteiger partial charge on any atom is 0.0925 e. The van der Waals surface area contributed by atoms with E-state index in [0.717, 1.165) is 13.0 Å². The Hall–Kier alpha value is -0.410. The van der Waals surface area contributed by atoms with Crippen LogP contribution in [0.4, 0.5) is 0 Å². The fourth-order valence-electron chi connectivity index (χ4n) is 3.48. The molecule has 3 rings (SSSR count). The molecule has 0 aromatic carbocycles. The van der Waals surface area contributed by atoms with Gasteiger partial charge < -0.3 is 0 Å². The van der Waals surface area contributed by atoms with Gasteiger partial charge in [-0.05, 0) is 30.1 Å². The fraction of sp³-hybridized carbons (Fsp3) is 0.786. The van der Waals surface area contributed by atoms with Crippen LogP contribution in [-0.4, -0.2) is 23.0 Å². The van der Waals surface area contributed by atoms with Crippen LogP contribution in [0.5, 0.6) is 0 Å². The highest BCUT2D eigenvalue weighted by Crippen LogP contribution is 2.61. The lowest BCUT2D eigenvalue weighted by Gasteiger charge is -2.50. The van der Waals surface area contributed by atoms with Crippen molar-refractivity contribution < 1.29 is 0 Å². The Morgan fingerprint density at radius 2 is 1.94 bits per heavy atom. The summed E-state index contributed by atoms with van der Waals surface area (Å²) in [6.45, 7) is 10.8. The van der Waals surface area contributed by atoms with Gasteiger partial charge in [0.25, 0.3) is 0 Å². The fourth-order valence-corrected chi connectivity index (χ4v) is 4.38. The average Bonchev–Trinajstić information content (AvgIpc) is 2.80. The van der Waals surface area contributed by atoms with E-state index in [1.807, 2.05) is 11.3 Å². The molecule has 94 valence electrons. The molecule has 1 aromatic rings. The molecule has 2 atom stereocenters. The summed E-state index contributed by atoms with van der Waals surface area (Å²) >= 11 is 1.89. The molecule has 0 radical (unpaired) electrons. The first-order valence-corrected chi connectivity index (χ1v) is 7.52. The predicted molar refractivity (Wildman–Crippen MR) is 72.2 cm³/mol. The Kier molecular flexibility index (Phi) is 2.60. The van der Waals surface area contributed by atoms with Crippen molar-refractivity contribution in [2.75, 3.05) is 13.1 Å². The molecule has 17 heavy (non-hydrogen) atoms. The van der Waals surface area contributed by atoms with Crippen molar-refractivity contribution in [2.24, 2.45) is 10.8 Å². The molecule has 0 amide bonds. The van der Waals surface area contributed by atoms with Crippen molar-refractivity contribution in [3.8, 4) is 0 Å². The van der Waals surface area contributed by atoms with E-state index in [9.17, 15) is 0 Å². The zero-order valence-electron chi connectivity index (χ0n) is 11.1. The van der Waals surface area contributed by atoms with Gasteiger partial charge in [0, 0.05) is 30.7 Å². The minimum absolute atomic E-state index is 0.589. The first kappa shape index (κ1) is 11.7.